The van der Waals surface area contributed by atoms with E-state index in [1.54, 1.807) is 25.3 Å². The number of anilines is 2. The van der Waals surface area contributed by atoms with Crippen LogP contribution in [-0.4, -0.2) is 72.6 Å². The molecule has 0 aliphatic carbocycles. The quantitative estimate of drug-likeness (QED) is 0.676. The van der Waals surface area contributed by atoms with E-state index in [1.165, 1.54) is 18.3 Å². The van der Waals surface area contributed by atoms with Crippen LogP contribution in [0.15, 0.2) is 30.3 Å². The topological polar surface area (TPSA) is 78.8 Å². The molecule has 2 heterocycles. The fraction of sp³-hybridized carbons (Fsp3) is 0.478. The van der Waals surface area contributed by atoms with Gasteiger partial charge >= 0.3 is 0 Å². The third-order valence-electron chi connectivity index (χ3n) is 5.68. The normalized spacial score (nSPS) is 15.0. The molecule has 8 nitrogen and oxygen atoms in total. The number of hydrogen-bond acceptors (Lipinski definition) is 5. The molecule has 31 heavy (non-hydrogen) atoms. The largest absolute Gasteiger partial charge is 0.495 e. The zero-order chi connectivity index (χ0) is 22.4. The number of ether oxygens (including phenoxy) is 1. The van der Waals surface area contributed by atoms with Crippen LogP contribution in [0.2, 0.25) is 0 Å². The van der Waals surface area contributed by atoms with Gasteiger partial charge in [-0.05, 0) is 44.2 Å². The van der Waals surface area contributed by atoms with Crippen LogP contribution >= 0.6 is 0 Å². The number of hydrogen-bond donors (Lipinski definition) is 2. The average Bonchev–Trinajstić information content (AvgIpc) is 3.05. The highest BCUT2D eigenvalue weighted by molar-refractivity contribution is 5.95. The van der Waals surface area contributed by atoms with Crippen LogP contribution in [0.5, 0.6) is 5.75 Å². The lowest BCUT2D eigenvalue weighted by atomic mass is 10.2. The lowest BCUT2D eigenvalue weighted by Gasteiger charge is -2.34. The van der Waals surface area contributed by atoms with Crippen LogP contribution < -0.4 is 15.4 Å². The number of piperazine rings is 1. The maximum atomic E-state index is 12.6. The molecule has 1 saturated heterocycles. The summed E-state index contributed by atoms with van der Waals surface area (Å²) in [5.41, 5.74) is 3.76. The number of amides is 2. The standard InChI is InChI=1S/C23H33N5O3/c1-17-5-6-18(2)28(17)14-13-26-9-11-27(12-10-26)16-23(30)25-21-15-20(24-19(3)29)7-8-22(21)31-4/h5-8,15H,9-14,16H2,1-4H3,(H,24,29)(H,25,30). The van der Waals surface area contributed by atoms with Crippen LogP contribution in [0.1, 0.15) is 18.3 Å². The first kappa shape index (κ1) is 22.8. The number of aryl methyl sites for hydroxylation is 2. The van der Waals surface area contributed by atoms with Crippen molar-refractivity contribution in [3.8, 4) is 5.75 Å². The van der Waals surface area contributed by atoms with Gasteiger partial charge in [0, 0.05) is 63.3 Å². The first-order valence-corrected chi connectivity index (χ1v) is 10.7. The van der Waals surface area contributed by atoms with E-state index >= 15 is 0 Å². The minimum Gasteiger partial charge on any atom is -0.495 e. The number of carbonyl (C=O) groups is 2. The minimum absolute atomic E-state index is 0.0923. The number of benzene rings is 1. The van der Waals surface area contributed by atoms with Crippen molar-refractivity contribution in [3.05, 3.63) is 41.7 Å². The summed E-state index contributed by atoms with van der Waals surface area (Å²) in [5.74, 6) is 0.301. The van der Waals surface area contributed by atoms with Crippen molar-refractivity contribution in [2.75, 3.05) is 57.0 Å². The Labute approximate surface area is 184 Å². The van der Waals surface area contributed by atoms with Gasteiger partial charge in [-0.15, -0.1) is 0 Å². The van der Waals surface area contributed by atoms with Crippen LogP contribution in [0.3, 0.4) is 0 Å². The number of aromatic nitrogens is 1. The van der Waals surface area contributed by atoms with E-state index in [0.717, 1.165) is 39.3 Å². The molecule has 0 unspecified atom stereocenters. The maximum Gasteiger partial charge on any atom is 0.238 e. The molecular weight excluding hydrogens is 394 g/mol. The van der Waals surface area contributed by atoms with Gasteiger partial charge in [-0.25, -0.2) is 0 Å². The molecule has 168 valence electrons. The number of nitrogens with one attached hydrogen (secondary N) is 2. The lowest BCUT2D eigenvalue weighted by molar-refractivity contribution is -0.117. The fourth-order valence-electron chi connectivity index (χ4n) is 3.94. The van der Waals surface area contributed by atoms with Crippen molar-refractivity contribution in [2.45, 2.75) is 27.3 Å². The van der Waals surface area contributed by atoms with Gasteiger partial charge in [0.2, 0.25) is 11.8 Å². The van der Waals surface area contributed by atoms with Gasteiger partial charge < -0.3 is 19.9 Å². The summed E-state index contributed by atoms with van der Waals surface area (Å²) in [5, 5.41) is 5.64. The predicted molar refractivity (Wildman–Crippen MR) is 123 cm³/mol. The first-order valence-electron chi connectivity index (χ1n) is 10.7. The molecule has 2 amide bonds. The second kappa shape index (κ2) is 10.5. The molecular formula is C23H33N5O3. The van der Waals surface area contributed by atoms with Crippen LogP contribution in [-0.2, 0) is 16.1 Å². The summed E-state index contributed by atoms with van der Waals surface area (Å²) in [4.78, 5) is 28.5. The number of methoxy groups -OCH3 is 1. The Balaban J connectivity index is 1.47. The second-order valence-electron chi connectivity index (χ2n) is 8.03. The molecule has 1 aromatic carbocycles. The number of nitrogens with zero attached hydrogens (tertiary/aromatic N) is 3. The third-order valence-corrected chi connectivity index (χ3v) is 5.68. The monoisotopic (exact) mass is 427 g/mol. The van der Waals surface area contributed by atoms with Gasteiger partial charge in [-0.3, -0.25) is 19.4 Å². The zero-order valence-electron chi connectivity index (χ0n) is 18.9. The average molecular weight is 428 g/mol. The molecule has 3 rings (SSSR count). The van der Waals surface area contributed by atoms with E-state index in [4.69, 9.17) is 4.74 Å². The summed E-state index contributed by atoms with van der Waals surface area (Å²) >= 11 is 0. The summed E-state index contributed by atoms with van der Waals surface area (Å²) < 4.78 is 7.68. The highest BCUT2D eigenvalue weighted by Gasteiger charge is 2.20. The molecule has 0 spiro atoms. The Morgan fingerprint density at radius 1 is 0.935 bits per heavy atom. The van der Waals surface area contributed by atoms with Crippen molar-refractivity contribution in [1.82, 2.24) is 14.4 Å². The van der Waals surface area contributed by atoms with Crippen molar-refractivity contribution in [1.29, 1.82) is 0 Å². The molecule has 1 aromatic heterocycles. The molecule has 0 saturated carbocycles. The Kier molecular flexibility index (Phi) is 7.70. The molecule has 1 fully saturated rings. The Morgan fingerprint density at radius 3 is 2.19 bits per heavy atom. The lowest BCUT2D eigenvalue weighted by Crippen LogP contribution is -2.49. The van der Waals surface area contributed by atoms with E-state index in [2.05, 4.69) is 51.0 Å². The van der Waals surface area contributed by atoms with Crippen LogP contribution in [0.25, 0.3) is 0 Å². The zero-order valence-corrected chi connectivity index (χ0v) is 18.9. The minimum atomic E-state index is -0.164. The highest BCUT2D eigenvalue weighted by atomic mass is 16.5. The first-order chi connectivity index (χ1) is 14.9. The van der Waals surface area contributed by atoms with E-state index in [-0.39, 0.29) is 11.8 Å². The summed E-state index contributed by atoms with van der Waals surface area (Å²) in [6.45, 7) is 11.7. The van der Waals surface area contributed by atoms with Gasteiger partial charge in [-0.2, -0.15) is 0 Å². The molecule has 1 aliphatic heterocycles. The predicted octanol–water partition coefficient (Wildman–Crippen LogP) is 2.33. The Morgan fingerprint density at radius 2 is 1.58 bits per heavy atom. The Hall–Kier alpha value is -2.84. The molecule has 0 bridgehead atoms. The van der Waals surface area contributed by atoms with Crippen molar-refractivity contribution >= 4 is 23.2 Å². The molecule has 0 atom stereocenters. The number of rotatable bonds is 8. The van der Waals surface area contributed by atoms with E-state index in [0.29, 0.717) is 23.7 Å². The third kappa shape index (κ3) is 6.32. The molecule has 2 aromatic rings. The van der Waals surface area contributed by atoms with E-state index < -0.39 is 0 Å². The van der Waals surface area contributed by atoms with E-state index in [9.17, 15) is 9.59 Å². The van der Waals surface area contributed by atoms with Gasteiger partial charge in [-0.1, -0.05) is 0 Å². The Bertz CT molecular complexity index is 896. The summed E-state index contributed by atoms with van der Waals surface area (Å²) in [7, 11) is 1.55. The highest BCUT2D eigenvalue weighted by Crippen LogP contribution is 2.27. The van der Waals surface area contributed by atoms with Gasteiger partial charge in [0.1, 0.15) is 5.75 Å². The van der Waals surface area contributed by atoms with Crippen LogP contribution in [0.4, 0.5) is 11.4 Å². The molecule has 0 radical (unpaired) electrons. The van der Waals surface area contributed by atoms with Crippen molar-refractivity contribution in [3.63, 3.8) is 0 Å². The number of carbonyl (C=O) groups excluding carboxylic acids is 2. The van der Waals surface area contributed by atoms with E-state index in [1.807, 2.05) is 0 Å². The molecule has 1 aliphatic rings. The molecule has 2 N–H and O–H groups in total. The van der Waals surface area contributed by atoms with Crippen LogP contribution in [0, 0.1) is 13.8 Å². The maximum absolute atomic E-state index is 12.6. The smallest absolute Gasteiger partial charge is 0.238 e. The summed E-state index contributed by atoms with van der Waals surface area (Å²) in [6.07, 6.45) is 0. The van der Waals surface area contributed by atoms with Crippen molar-refractivity contribution in [2.24, 2.45) is 0 Å². The van der Waals surface area contributed by atoms with Gasteiger partial charge in [0.25, 0.3) is 0 Å². The molecule has 8 heteroatoms. The van der Waals surface area contributed by atoms with Gasteiger partial charge in [0.15, 0.2) is 0 Å². The SMILES string of the molecule is COc1ccc(NC(C)=O)cc1NC(=O)CN1CCN(CCn2c(C)ccc2C)CC1. The summed E-state index contributed by atoms with van der Waals surface area (Å²) in [6, 6.07) is 9.50. The van der Waals surface area contributed by atoms with Crippen molar-refractivity contribution < 1.29 is 14.3 Å². The van der Waals surface area contributed by atoms with Gasteiger partial charge in [0.05, 0.1) is 19.3 Å². The fourth-order valence-corrected chi connectivity index (χ4v) is 3.94. The second-order valence-corrected chi connectivity index (χ2v) is 8.03.